The van der Waals surface area contributed by atoms with E-state index in [9.17, 15) is 4.39 Å². The van der Waals surface area contributed by atoms with Crippen LogP contribution in [0.15, 0.2) is 36.7 Å². The number of ether oxygens (including phenoxy) is 1. The number of anilines is 1. The molecule has 0 aliphatic carbocycles. The molecule has 2 aromatic rings. The minimum Gasteiger partial charge on any atom is -0.493 e. The van der Waals surface area contributed by atoms with Crippen molar-refractivity contribution < 1.29 is 9.13 Å². The molecule has 116 valence electrons. The SMILES string of the molecule is CN(C)c1ccncc1CNC1CCOc2ccc(F)cc21. The van der Waals surface area contributed by atoms with E-state index in [0.717, 1.165) is 29.0 Å². The molecule has 5 heteroatoms. The lowest BCUT2D eigenvalue weighted by Gasteiger charge is -2.27. The zero-order valence-electron chi connectivity index (χ0n) is 12.8. The Balaban J connectivity index is 1.77. The fraction of sp³-hybridized carbons (Fsp3) is 0.353. The largest absolute Gasteiger partial charge is 0.493 e. The predicted octanol–water partition coefficient (Wildman–Crippen LogP) is 2.90. The number of pyridine rings is 1. The van der Waals surface area contributed by atoms with E-state index in [-0.39, 0.29) is 11.9 Å². The highest BCUT2D eigenvalue weighted by Gasteiger charge is 2.22. The van der Waals surface area contributed by atoms with Gasteiger partial charge in [0.1, 0.15) is 11.6 Å². The van der Waals surface area contributed by atoms with Crippen molar-refractivity contribution in [3.63, 3.8) is 0 Å². The molecule has 0 spiro atoms. The van der Waals surface area contributed by atoms with Crippen LogP contribution in [0.5, 0.6) is 5.75 Å². The van der Waals surface area contributed by atoms with Crippen molar-refractivity contribution in [3.05, 3.63) is 53.6 Å². The molecule has 1 aromatic carbocycles. The van der Waals surface area contributed by atoms with Crippen LogP contribution < -0.4 is 15.0 Å². The normalized spacial score (nSPS) is 16.8. The van der Waals surface area contributed by atoms with Gasteiger partial charge in [0.25, 0.3) is 0 Å². The Labute approximate surface area is 129 Å². The first-order chi connectivity index (χ1) is 10.6. The van der Waals surface area contributed by atoms with Gasteiger partial charge in [-0.15, -0.1) is 0 Å². The van der Waals surface area contributed by atoms with Crippen LogP contribution in [-0.4, -0.2) is 25.7 Å². The minimum atomic E-state index is -0.230. The van der Waals surface area contributed by atoms with E-state index >= 15 is 0 Å². The lowest BCUT2D eigenvalue weighted by atomic mass is 10.00. The molecule has 4 nitrogen and oxygen atoms in total. The van der Waals surface area contributed by atoms with Gasteiger partial charge in [-0.2, -0.15) is 0 Å². The first-order valence-electron chi connectivity index (χ1n) is 7.41. The molecule has 22 heavy (non-hydrogen) atoms. The average molecular weight is 301 g/mol. The van der Waals surface area contributed by atoms with Gasteiger partial charge in [-0.05, 0) is 24.3 Å². The lowest BCUT2D eigenvalue weighted by molar-refractivity contribution is 0.251. The van der Waals surface area contributed by atoms with Crippen molar-refractivity contribution in [2.24, 2.45) is 0 Å². The number of halogens is 1. The van der Waals surface area contributed by atoms with Crippen molar-refractivity contribution in [2.45, 2.75) is 19.0 Å². The van der Waals surface area contributed by atoms with Gasteiger partial charge in [0, 0.05) is 62.3 Å². The highest BCUT2D eigenvalue weighted by Crippen LogP contribution is 2.33. The van der Waals surface area contributed by atoms with Crippen molar-refractivity contribution in [1.82, 2.24) is 10.3 Å². The quantitative estimate of drug-likeness (QED) is 0.942. The Morgan fingerprint density at radius 3 is 3.05 bits per heavy atom. The monoisotopic (exact) mass is 301 g/mol. The Kier molecular flexibility index (Phi) is 4.24. The summed E-state index contributed by atoms with van der Waals surface area (Å²) in [6, 6.07) is 6.78. The third-order valence-electron chi connectivity index (χ3n) is 3.91. The second-order valence-electron chi connectivity index (χ2n) is 5.65. The van der Waals surface area contributed by atoms with E-state index in [0.29, 0.717) is 13.2 Å². The molecular formula is C17H20FN3O. The average Bonchev–Trinajstić information content (AvgIpc) is 2.53. The van der Waals surface area contributed by atoms with E-state index in [1.165, 1.54) is 6.07 Å². The molecule has 0 saturated heterocycles. The molecule has 0 radical (unpaired) electrons. The third kappa shape index (κ3) is 3.04. The highest BCUT2D eigenvalue weighted by atomic mass is 19.1. The molecule has 1 aliphatic heterocycles. The van der Waals surface area contributed by atoms with Crippen molar-refractivity contribution in [1.29, 1.82) is 0 Å². The van der Waals surface area contributed by atoms with Gasteiger partial charge in [0.05, 0.1) is 6.61 Å². The molecule has 3 rings (SSSR count). The zero-order chi connectivity index (χ0) is 15.5. The summed E-state index contributed by atoms with van der Waals surface area (Å²) < 4.78 is 19.1. The summed E-state index contributed by atoms with van der Waals surface area (Å²) in [6.07, 6.45) is 4.49. The molecule has 0 saturated carbocycles. The van der Waals surface area contributed by atoms with Gasteiger partial charge >= 0.3 is 0 Å². The maximum atomic E-state index is 13.5. The van der Waals surface area contributed by atoms with E-state index in [1.54, 1.807) is 18.3 Å². The fourth-order valence-electron chi connectivity index (χ4n) is 2.80. The highest BCUT2D eigenvalue weighted by molar-refractivity contribution is 5.51. The molecule has 1 unspecified atom stereocenters. The molecule has 1 aromatic heterocycles. The number of benzene rings is 1. The first-order valence-corrected chi connectivity index (χ1v) is 7.41. The summed E-state index contributed by atoms with van der Waals surface area (Å²) >= 11 is 0. The minimum absolute atomic E-state index is 0.0923. The van der Waals surface area contributed by atoms with E-state index in [2.05, 4.69) is 15.2 Å². The van der Waals surface area contributed by atoms with E-state index in [1.807, 2.05) is 26.4 Å². The van der Waals surface area contributed by atoms with Gasteiger partial charge in [0.2, 0.25) is 0 Å². The van der Waals surface area contributed by atoms with E-state index in [4.69, 9.17) is 4.74 Å². The zero-order valence-corrected chi connectivity index (χ0v) is 12.8. The van der Waals surface area contributed by atoms with Gasteiger partial charge in [-0.1, -0.05) is 0 Å². The van der Waals surface area contributed by atoms with Gasteiger partial charge in [0.15, 0.2) is 0 Å². The van der Waals surface area contributed by atoms with Gasteiger partial charge < -0.3 is 15.0 Å². The molecule has 0 fully saturated rings. The third-order valence-corrected chi connectivity index (χ3v) is 3.91. The second-order valence-corrected chi connectivity index (χ2v) is 5.65. The smallest absolute Gasteiger partial charge is 0.124 e. The van der Waals surface area contributed by atoms with Crippen LogP contribution in [0.2, 0.25) is 0 Å². The molecular weight excluding hydrogens is 281 g/mol. The summed E-state index contributed by atoms with van der Waals surface area (Å²) in [5.74, 6) is 0.538. The number of nitrogens with one attached hydrogen (secondary N) is 1. The number of fused-ring (bicyclic) bond motifs is 1. The predicted molar refractivity (Wildman–Crippen MR) is 84.7 cm³/mol. The van der Waals surface area contributed by atoms with Gasteiger partial charge in [-0.25, -0.2) is 4.39 Å². The molecule has 1 N–H and O–H groups in total. The maximum Gasteiger partial charge on any atom is 0.124 e. The second kappa shape index (κ2) is 6.32. The summed E-state index contributed by atoms with van der Waals surface area (Å²) in [6.45, 7) is 1.33. The Morgan fingerprint density at radius 1 is 1.36 bits per heavy atom. The van der Waals surface area contributed by atoms with Crippen molar-refractivity contribution in [2.75, 3.05) is 25.6 Å². The topological polar surface area (TPSA) is 37.4 Å². The van der Waals surface area contributed by atoms with Crippen LogP contribution in [0.4, 0.5) is 10.1 Å². The number of aromatic nitrogens is 1. The number of hydrogen-bond donors (Lipinski definition) is 1. The van der Waals surface area contributed by atoms with Crippen LogP contribution in [0.1, 0.15) is 23.6 Å². The molecule has 0 bridgehead atoms. The van der Waals surface area contributed by atoms with Crippen LogP contribution in [0, 0.1) is 5.82 Å². The van der Waals surface area contributed by atoms with Crippen LogP contribution >= 0.6 is 0 Å². The number of nitrogens with zero attached hydrogens (tertiary/aromatic N) is 2. The Hall–Kier alpha value is -2.14. The van der Waals surface area contributed by atoms with Gasteiger partial charge in [-0.3, -0.25) is 4.98 Å². The molecule has 1 aliphatic rings. The van der Waals surface area contributed by atoms with Crippen molar-refractivity contribution in [3.8, 4) is 5.75 Å². The maximum absolute atomic E-state index is 13.5. The number of hydrogen-bond acceptors (Lipinski definition) is 4. The summed E-state index contributed by atoms with van der Waals surface area (Å²) in [4.78, 5) is 6.26. The lowest BCUT2D eigenvalue weighted by Crippen LogP contribution is -2.27. The summed E-state index contributed by atoms with van der Waals surface area (Å²) in [7, 11) is 4.02. The fourth-order valence-corrected chi connectivity index (χ4v) is 2.80. The first kappa shape index (κ1) is 14.8. The van der Waals surface area contributed by atoms with Crippen LogP contribution in [0.3, 0.4) is 0 Å². The van der Waals surface area contributed by atoms with Crippen LogP contribution in [-0.2, 0) is 6.54 Å². The molecule has 0 amide bonds. The molecule has 2 heterocycles. The van der Waals surface area contributed by atoms with Crippen molar-refractivity contribution >= 4 is 5.69 Å². The Bertz CT molecular complexity index is 660. The standard InChI is InChI=1S/C17H20FN3O/c1-21(2)16-5-7-19-10-12(16)11-20-15-6-8-22-17-4-3-13(18)9-14(15)17/h3-5,7,9-10,15,20H,6,8,11H2,1-2H3. The summed E-state index contributed by atoms with van der Waals surface area (Å²) in [5, 5.41) is 3.50. The molecule has 1 atom stereocenters. The summed E-state index contributed by atoms with van der Waals surface area (Å²) in [5.41, 5.74) is 3.15. The van der Waals surface area contributed by atoms with E-state index < -0.39 is 0 Å². The Morgan fingerprint density at radius 2 is 2.23 bits per heavy atom. The van der Waals surface area contributed by atoms with Crippen LogP contribution in [0.25, 0.3) is 0 Å². The number of rotatable bonds is 4.